The molecule has 8 heteroatoms. The quantitative estimate of drug-likeness (QED) is 0.733. The van der Waals surface area contributed by atoms with E-state index in [1.807, 2.05) is 23.1 Å². The number of nitrogens with zero attached hydrogens (tertiary/aromatic N) is 4. The minimum absolute atomic E-state index is 0.0367. The maximum absolute atomic E-state index is 13.1. The topological polar surface area (TPSA) is 79.6 Å². The lowest BCUT2D eigenvalue weighted by Crippen LogP contribution is -2.47. The summed E-state index contributed by atoms with van der Waals surface area (Å²) in [6, 6.07) is 11.4. The van der Waals surface area contributed by atoms with E-state index in [0.29, 0.717) is 15.8 Å². The Morgan fingerprint density at radius 1 is 1.29 bits per heavy atom. The Bertz CT molecular complexity index is 1100. The Hall–Kier alpha value is -2.74. The number of amides is 1. The van der Waals surface area contributed by atoms with Crippen LogP contribution < -0.4 is 15.8 Å². The molecule has 2 fully saturated rings. The Labute approximate surface area is 166 Å². The van der Waals surface area contributed by atoms with E-state index >= 15 is 0 Å². The first kappa shape index (κ1) is 17.4. The van der Waals surface area contributed by atoms with Crippen LogP contribution in [-0.2, 0) is 10.3 Å². The summed E-state index contributed by atoms with van der Waals surface area (Å²) in [5, 5.41) is 8.41. The molecule has 0 spiro atoms. The largest absolute Gasteiger partial charge is 0.345 e. The number of aryl methyl sites for hydroxylation is 1. The number of hydrogen-bond acceptors (Lipinski definition) is 6. The van der Waals surface area contributed by atoms with Gasteiger partial charge in [-0.1, -0.05) is 41.7 Å². The van der Waals surface area contributed by atoms with Crippen LogP contribution in [0.25, 0.3) is 4.96 Å². The lowest BCUT2D eigenvalue weighted by Gasteiger charge is -2.26. The molecule has 0 radical (unpaired) electrons. The van der Waals surface area contributed by atoms with Crippen LogP contribution >= 0.6 is 11.3 Å². The first-order valence-corrected chi connectivity index (χ1v) is 10.4. The SMILES string of the molecule is Cc1cc(=O)n2nc(N3CCCC3C(=O)NC3(c4ccccc4)CC3)sc2n1. The van der Waals surface area contributed by atoms with Crippen LogP contribution in [0.5, 0.6) is 0 Å². The van der Waals surface area contributed by atoms with Crippen molar-refractivity contribution in [3.8, 4) is 0 Å². The molecular formula is C20H21N5O2S. The lowest BCUT2D eigenvalue weighted by atomic mass is 10.0. The maximum Gasteiger partial charge on any atom is 0.275 e. The molecular weight excluding hydrogens is 374 g/mol. The van der Waals surface area contributed by atoms with Crippen molar-refractivity contribution in [1.82, 2.24) is 19.9 Å². The zero-order valence-electron chi connectivity index (χ0n) is 15.6. The molecule has 1 unspecified atom stereocenters. The number of anilines is 1. The van der Waals surface area contributed by atoms with Crippen LogP contribution in [0.15, 0.2) is 41.2 Å². The van der Waals surface area contributed by atoms with Gasteiger partial charge in [-0.05, 0) is 38.2 Å². The molecule has 2 aromatic heterocycles. The Morgan fingerprint density at radius 3 is 2.82 bits per heavy atom. The van der Waals surface area contributed by atoms with Gasteiger partial charge in [0.15, 0.2) is 0 Å². The zero-order chi connectivity index (χ0) is 19.3. The van der Waals surface area contributed by atoms with Gasteiger partial charge >= 0.3 is 0 Å². The molecule has 0 bridgehead atoms. The Balaban J connectivity index is 1.41. The Morgan fingerprint density at radius 2 is 2.07 bits per heavy atom. The van der Waals surface area contributed by atoms with Gasteiger partial charge in [-0.2, -0.15) is 4.52 Å². The molecule has 1 saturated heterocycles. The average molecular weight is 395 g/mol. The van der Waals surface area contributed by atoms with Crippen LogP contribution in [0.1, 0.15) is 36.9 Å². The van der Waals surface area contributed by atoms with Crippen molar-refractivity contribution in [3.05, 3.63) is 58.0 Å². The zero-order valence-corrected chi connectivity index (χ0v) is 16.4. The molecule has 2 aliphatic rings. The summed E-state index contributed by atoms with van der Waals surface area (Å²) in [5.41, 5.74) is 1.43. The van der Waals surface area contributed by atoms with Gasteiger partial charge in [0.25, 0.3) is 5.56 Å². The molecule has 1 saturated carbocycles. The van der Waals surface area contributed by atoms with E-state index in [2.05, 4.69) is 27.5 Å². The molecule has 7 nitrogen and oxygen atoms in total. The summed E-state index contributed by atoms with van der Waals surface area (Å²) in [7, 11) is 0. The second-order valence-electron chi connectivity index (χ2n) is 7.60. The van der Waals surface area contributed by atoms with Gasteiger partial charge in [0.05, 0.1) is 5.54 Å². The first-order chi connectivity index (χ1) is 13.6. The minimum Gasteiger partial charge on any atom is -0.345 e. The summed E-state index contributed by atoms with van der Waals surface area (Å²) < 4.78 is 1.33. The fraction of sp³-hybridized carbons (Fsp3) is 0.400. The number of carbonyl (C=O) groups excluding carboxylic acids is 1. The number of carbonyl (C=O) groups is 1. The Kier molecular flexibility index (Phi) is 3.97. The van der Waals surface area contributed by atoms with Crippen molar-refractivity contribution < 1.29 is 4.79 Å². The second kappa shape index (κ2) is 6.41. The first-order valence-electron chi connectivity index (χ1n) is 9.57. The monoisotopic (exact) mass is 395 g/mol. The standard InChI is InChI=1S/C20H21N5O2S/c1-13-12-16(26)25-18(21-13)28-19(23-25)24-11-5-8-15(24)17(27)22-20(9-10-20)14-6-3-2-4-7-14/h2-4,6-7,12,15H,5,8-11H2,1H3,(H,22,27). The lowest BCUT2D eigenvalue weighted by molar-refractivity contribution is -0.123. The van der Waals surface area contributed by atoms with Crippen molar-refractivity contribution in [1.29, 1.82) is 0 Å². The highest BCUT2D eigenvalue weighted by atomic mass is 32.1. The number of hydrogen-bond donors (Lipinski definition) is 1. The molecule has 1 aliphatic heterocycles. The van der Waals surface area contributed by atoms with Gasteiger partial charge in [0.1, 0.15) is 6.04 Å². The highest BCUT2D eigenvalue weighted by Gasteiger charge is 2.47. The van der Waals surface area contributed by atoms with Crippen LogP contribution in [0.2, 0.25) is 0 Å². The molecule has 28 heavy (non-hydrogen) atoms. The van der Waals surface area contributed by atoms with Crippen LogP contribution in [0, 0.1) is 6.92 Å². The van der Waals surface area contributed by atoms with Crippen molar-refractivity contribution in [2.45, 2.75) is 44.2 Å². The summed E-state index contributed by atoms with van der Waals surface area (Å²) in [4.78, 5) is 32.3. The van der Waals surface area contributed by atoms with E-state index in [-0.39, 0.29) is 23.0 Å². The molecule has 1 aromatic carbocycles. The second-order valence-corrected chi connectivity index (χ2v) is 8.54. The number of aromatic nitrogens is 3. The fourth-order valence-electron chi connectivity index (χ4n) is 3.98. The molecule has 1 amide bonds. The molecule has 3 heterocycles. The molecule has 144 valence electrons. The number of rotatable bonds is 4. The summed E-state index contributed by atoms with van der Waals surface area (Å²) >= 11 is 1.36. The number of benzene rings is 1. The summed E-state index contributed by atoms with van der Waals surface area (Å²) in [5.74, 6) is 0.0367. The molecule has 1 N–H and O–H groups in total. The highest BCUT2D eigenvalue weighted by molar-refractivity contribution is 7.20. The molecule has 1 aliphatic carbocycles. The number of nitrogens with one attached hydrogen (secondary N) is 1. The number of fused-ring (bicyclic) bond motifs is 1. The predicted octanol–water partition coefficient (Wildman–Crippen LogP) is 2.23. The van der Waals surface area contributed by atoms with Gasteiger partial charge in [0.2, 0.25) is 16.0 Å². The average Bonchev–Trinajstić information content (AvgIpc) is 3.11. The van der Waals surface area contributed by atoms with E-state index in [9.17, 15) is 9.59 Å². The molecule has 1 atom stereocenters. The normalized spacial score (nSPS) is 20.5. The van der Waals surface area contributed by atoms with Crippen LogP contribution in [-0.4, -0.2) is 33.1 Å². The van der Waals surface area contributed by atoms with Gasteiger partial charge in [-0.15, -0.1) is 5.10 Å². The van der Waals surface area contributed by atoms with Crippen molar-refractivity contribution in [2.24, 2.45) is 0 Å². The van der Waals surface area contributed by atoms with Crippen molar-refractivity contribution in [2.75, 3.05) is 11.4 Å². The van der Waals surface area contributed by atoms with Crippen molar-refractivity contribution in [3.63, 3.8) is 0 Å². The van der Waals surface area contributed by atoms with E-state index in [1.54, 1.807) is 6.92 Å². The highest BCUT2D eigenvalue weighted by Crippen LogP contribution is 2.45. The summed E-state index contributed by atoms with van der Waals surface area (Å²) in [6.45, 7) is 2.55. The van der Waals surface area contributed by atoms with Gasteiger partial charge in [-0.3, -0.25) is 9.59 Å². The van der Waals surface area contributed by atoms with E-state index < -0.39 is 0 Å². The van der Waals surface area contributed by atoms with E-state index in [1.165, 1.54) is 27.5 Å². The van der Waals surface area contributed by atoms with E-state index in [0.717, 1.165) is 32.2 Å². The van der Waals surface area contributed by atoms with Crippen LogP contribution in [0.4, 0.5) is 5.13 Å². The smallest absolute Gasteiger partial charge is 0.275 e. The minimum atomic E-state index is -0.265. The third-order valence-electron chi connectivity index (χ3n) is 5.60. The summed E-state index contributed by atoms with van der Waals surface area (Å²) in [6.07, 6.45) is 3.64. The third-order valence-corrected chi connectivity index (χ3v) is 6.55. The van der Waals surface area contributed by atoms with Gasteiger partial charge in [-0.25, -0.2) is 4.98 Å². The van der Waals surface area contributed by atoms with Crippen molar-refractivity contribution >= 4 is 27.3 Å². The third kappa shape index (κ3) is 2.88. The molecule has 5 rings (SSSR count). The predicted molar refractivity (Wildman–Crippen MR) is 108 cm³/mol. The van der Waals surface area contributed by atoms with Gasteiger partial charge in [0, 0.05) is 18.3 Å². The van der Waals surface area contributed by atoms with Gasteiger partial charge < -0.3 is 10.2 Å². The van der Waals surface area contributed by atoms with Crippen LogP contribution in [0.3, 0.4) is 0 Å². The van der Waals surface area contributed by atoms with E-state index in [4.69, 9.17) is 0 Å². The fourth-order valence-corrected chi connectivity index (χ4v) is 5.01. The molecule has 3 aromatic rings. The maximum atomic E-state index is 13.1.